The summed E-state index contributed by atoms with van der Waals surface area (Å²) < 4.78 is 0. The number of nitro groups is 1. The molecule has 0 atom stereocenters. The molecule has 0 unspecified atom stereocenters. The first-order valence-electron chi connectivity index (χ1n) is 9.26. The quantitative estimate of drug-likeness (QED) is 0.571. The number of anilines is 1. The Morgan fingerprint density at radius 2 is 1.62 bits per heavy atom. The molecule has 0 saturated carbocycles. The molecule has 0 spiro atoms. The van der Waals surface area contributed by atoms with Gasteiger partial charge in [-0.1, -0.05) is 52.0 Å². The van der Waals surface area contributed by atoms with Crippen LogP contribution in [0.1, 0.15) is 38.1 Å². The average molecular weight is 399 g/mol. The fourth-order valence-electron chi connectivity index (χ4n) is 3.07. The number of amides is 2. The third kappa shape index (κ3) is 4.60. The first kappa shape index (κ1) is 22.0. The molecule has 0 aliphatic rings. The summed E-state index contributed by atoms with van der Waals surface area (Å²) in [6, 6.07) is 13.6. The van der Waals surface area contributed by atoms with E-state index in [1.807, 2.05) is 0 Å². The molecule has 2 rings (SSSR count). The number of benzene rings is 2. The predicted octanol–water partition coefficient (Wildman–Crippen LogP) is 3.32. The minimum absolute atomic E-state index is 0.0287. The number of rotatable bonds is 6. The number of nitro benzene ring substituents is 1. The topological polar surface area (TPSA) is 113 Å². The van der Waals surface area contributed by atoms with Gasteiger partial charge in [0.25, 0.3) is 17.5 Å². The van der Waals surface area contributed by atoms with Gasteiger partial charge in [-0.15, -0.1) is 0 Å². The maximum absolute atomic E-state index is 13.1. The number of para-hydroxylation sites is 1. The molecule has 0 heterocycles. The van der Waals surface area contributed by atoms with Gasteiger partial charge >= 0.3 is 0 Å². The number of carbonyl (C=O) groups is 2. The number of hydrogen-bond acceptors (Lipinski definition) is 5. The van der Waals surface area contributed by atoms with Gasteiger partial charge in [0.15, 0.2) is 0 Å². The van der Waals surface area contributed by atoms with Gasteiger partial charge in [0, 0.05) is 17.7 Å². The van der Waals surface area contributed by atoms with Crippen LogP contribution in [0.3, 0.4) is 0 Å². The molecule has 2 aromatic rings. The van der Waals surface area contributed by atoms with Crippen molar-refractivity contribution in [3.63, 3.8) is 0 Å². The molecule has 8 heteroatoms. The second-order valence-corrected chi connectivity index (χ2v) is 7.36. The van der Waals surface area contributed by atoms with Gasteiger partial charge in [0.2, 0.25) is 0 Å². The van der Waals surface area contributed by atoms with E-state index in [2.05, 4.69) is 5.43 Å². The summed E-state index contributed by atoms with van der Waals surface area (Å²) in [5.74, 6) is -2.21. The van der Waals surface area contributed by atoms with Crippen molar-refractivity contribution in [3.8, 4) is 0 Å². The summed E-state index contributed by atoms with van der Waals surface area (Å²) in [4.78, 5) is 36.6. The summed E-state index contributed by atoms with van der Waals surface area (Å²) in [6.07, 6.45) is 0. The zero-order valence-corrected chi connectivity index (χ0v) is 16.8. The van der Waals surface area contributed by atoms with Crippen LogP contribution in [0.2, 0.25) is 0 Å². The van der Waals surface area contributed by atoms with Crippen LogP contribution in [0.15, 0.2) is 54.6 Å². The van der Waals surface area contributed by atoms with E-state index in [4.69, 9.17) is 0 Å². The molecule has 0 aromatic heterocycles. The second kappa shape index (κ2) is 8.83. The molecule has 0 aliphatic carbocycles. The first-order valence-corrected chi connectivity index (χ1v) is 9.26. The Hall–Kier alpha value is -3.26. The molecular formula is C21H25N3O5. The van der Waals surface area contributed by atoms with E-state index in [1.54, 1.807) is 58.0 Å². The maximum atomic E-state index is 13.1. The van der Waals surface area contributed by atoms with Crippen LogP contribution in [0.5, 0.6) is 0 Å². The van der Waals surface area contributed by atoms with Crippen LogP contribution in [0.25, 0.3) is 0 Å². The Kier molecular flexibility index (Phi) is 6.71. The fraction of sp³-hybridized carbons (Fsp3) is 0.333. The van der Waals surface area contributed by atoms with E-state index in [0.29, 0.717) is 5.69 Å². The Morgan fingerprint density at radius 1 is 1.03 bits per heavy atom. The Morgan fingerprint density at radius 3 is 2.14 bits per heavy atom. The van der Waals surface area contributed by atoms with Crippen LogP contribution in [0.4, 0.5) is 11.4 Å². The molecular weight excluding hydrogens is 374 g/mol. The van der Waals surface area contributed by atoms with E-state index in [0.717, 1.165) is 11.1 Å². The van der Waals surface area contributed by atoms with Gasteiger partial charge in [0.05, 0.1) is 10.6 Å². The first-order chi connectivity index (χ1) is 13.6. The van der Waals surface area contributed by atoms with E-state index in [9.17, 15) is 24.8 Å². The van der Waals surface area contributed by atoms with E-state index in [1.165, 1.54) is 18.2 Å². The van der Waals surface area contributed by atoms with Crippen LogP contribution < -0.4 is 10.4 Å². The van der Waals surface area contributed by atoms with Gasteiger partial charge in [-0.2, -0.15) is 0 Å². The maximum Gasteiger partial charge on any atom is 0.277 e. The lowest BCUT2D eigenvalue weighted by Crippen LogP contribution is -2.59. The van der Waals surface area contributed by atoms with Crippen molar-refractivity contribution in [2.24, 2.45) is 11.8 Å². The van der Waals surface area contributed by atoms with Gasteiger partial charge in [-0.05, 0) is 30.0 Å². The van der Waals surface area contributed by atoms with Crippen LogP contribution in [-0.4, -0.2) is 27.4 Å². The molecule has 0 aliphatic heterocycles. The molecule has 2 aromatic carbocycles. The zero-order valence-electron chi connectivity index (χ0n) is 16.8. The smallest absolute Gasteiger partial charge is 0.277 e. The Balaban J connectivity index is 2.46. The number of hydrogen-bond donors (Lipinski definition) is 2. The Bertz CT molecular complexity index is 888. The van der Waals surface area contributed by atoms with Crippen molar-refractivity contribution in [1.29, 1.82) is 0 Å². The van der Waals surface area contributed by atoms with Crippen molar-refractivity contribution in [1.82, 2.24) is 5.43 Å². The third-order valence-electron chi connectivity index (χ3n) is 4.86. The summed E-state index contributed by atoms with van der Waals surface area (Å²) >= 11 is 0. The highest BCUT2D eigenvalue weighted by Crippen LogP contribution is 2.27. The highest BCUT2D eigenvalue weighted by molar-refractivity contribution is 6.08. The van der Waals surface area contributed by atoms with Crippen molar-refractivity contribution >= 4 is 23.2 Å². The zero-order chi connectivity index (χ0) is 21.8. The van der Waals surface area contributed by atoms with E-state index >= 15 is 0 Å². The molecule has 2 N–H and O–H groups in total. The summed E-state index contributed by atoms with van der Waals surface area (Å²) in [5, 5.41) is 23.0. The Labute approximate surface area is 169 Å². The van der Waals surface area contributed by atoms with Gasteiger partial charge in [-0.3, -0.25) is 25.1 Å². The fourth-order valence-corrected chi connectivity index (χ4v) is 3.07. The molecule has 29 heavy (non-hydrogen) atoms. The third-order valence-corrected chi connectivity index (χ3v) is 4.86. The van der Waals surface area contributed by atoms with Crippen molar-refractivity contribution in [2.45, 2.75) is 33.3 Å². The van der Waals surface area contributed by atoms with E-state index in [-0.39, 0.29) is 11.3 Å². The lowest BCUT2D eigenvalue weighted by molar-refractivity contribution is -0.384. The number of carbonyl (C=O) groups excluding carboxylic acids is 2. The highest BCUT2D eigenvalue weighted by atomic mass is 16.6. The standard InChI is InChI=1S/C21H25N3O5/c1-14(2)21(27,15(3)4)20(26)22-23(17-10-6-5-7-11-17)19(25)16-9-8-12-18(13-16)24(28)29/h5-15,27H,1-4H3,(H,22,26). The number of nitrogens with one attached hydrogen (secondary N) is 1. The number of aliphatic hydroxyl groups is 1. The molecule has 154 valence electrons. The van der Waals surface area contributed by atoms with Crippen molar-refractivity contribution in [2.75, 3.05) is 5.01 Å². The van der Waals surface area contributed by atoms with E-state index < -0.39 is 34.2 Å². The number of hydrazine groups is 1. The van der Waals surface area contributed by atoms with Crippen molar-refractivity contribution < 1.29 is 19.6 Å². The monoisotopic (exact) mass is 399 g/mol. The largest absolute Gasteiger partial charge is 0.379 e. The van der Waals surface area contributed by atoms with Crippen LogP contribution in [-0.2, 0) is 4.79 Å². The van der Waals surface area contributed by atoms with Crippen molar-refractivity contribution in [3.05, 3.63) is 70.3 Å². The number of nitrogens with zero attached hydrogens (tertiary/aromatic N) is 2. The lowest BCUT2D eigenvalue weighted by atomic mass is 9.80. The summed E-state index contributed by atoms with van der Waals surface area (Å²) in [7, 11) is 0. The summed E-state index contributed by atoms with van der Waals surface area (Å²) in [5.41, 5.74) is 0.939. The minimum Gasteiger partial charge on any atom is -0.379 e. The molecule has 0 saturated heterocycles. The molecule has 8 nitrogen and oxygen atoms in total. The second-order valence-electron chi connectivity index (χ2n) is 7.36. The predicted molar refractivity (Wildman–Crippen MR) is 109 cm³/mol. The van der Waals surface area contributed by atoms with Crippen LogP contribution in [0, 0.1) is 22.0 Å². The van der Waals surface area contributed by atoms with Gasteiger partial charge in [-0.25, -0.2) is 5.01 Å². The molecule has 0 fully saturated rings. The molecule has 0 bridgehead atoms. The van der Waals surface area contributed by atoms with Gasteiger partial charge < -0.3 is 5.11 Å². The SMILES string of the molecule is CC(C)C(O)(C(=O)NN(C(=O)c1cccc([N+](=O)[O-])c1)c1ccccc1)C(C)C. The highest BCUT2D eigenvalue weighted by Gasteiger charge is 2.43. The number of non-ortho nitro benzene ring substituents is 1. The summed E-state index contributed by atoms with van der Waals surface area (Å²) in [6.45, 7) is 6.87. The van der Waals surface area contributed by atoms with Crippen LogP contribution >= 0.6 is 0 Å². The molecule has 2 amide bonds. The molecule has 0 radical (unpaired) electrons. The average Bonchev–Trinajstić information content (AvgIpc) is 2.70. The lowest BCUT2D eigenvalue weighted by Gasteiger charge is -2.36. The minimum atomic E-state index is -1.71. The normalized spacial score (nSPS) is 11.4. The van der Waals surface area contributed by atoms with Gasteiger partial charge in [0.1, 0.15) is 5.60 Å².